The Balaban J connectivity index is 0.000000160. The van der Waals surface area contributed by atoms with Gasteiger partial charge in [0.25, 0.3) is 0 Å². The molecule has 0 aromatic carbocycles. The molecule has 5 heteroatoms. The third-order valence-corrected chi connectivity index (χ3v) is 3.86. The summed E-state index contributed by atoms with van der Waals surface area (Å²) < 4.78 is 3.87. The van der Waals surface area contributed by atoms with E-state index in [1.165, 1.54) is 16.5 Å². The molecule has 0 saturated heterocycles. The van der Waals surface area contributed by atoms with Gasteiger partial charge in [-0.15, -0.1) is 11.3 Å². The summed E-state index contributed by atoms with van der Waals surface area (Å²) in [6, 6.07) is 0. The fourth-order valence-electron chi connectivity index (χ4n) is 0.956. The first-order chi connectivity index (χ1) is 7.61. The first kappa shape index (κ1) is 13.3. The van der Waals surface area contributed by atoms with Crippen molar-refractivity contribution in [3.63, 3.8) is 0 Å². The molecule has 0 fully saturated rings. The second kappa shape index (κ2) is 6.70. The van der Waals surface area contributed by atoms with Crippen molar-refractivity contribution < 1.29 is 0 Å². The van der Waals surface area contributed by atoms with E-state index in [9.17, 15) is 0 Å². The Morgan fingerprint density at radius 2 is 1.69 bits per heavy atom. The molecule has 0 unspecified atom stereocenters. The van der Waals surface area contributed by atoms with Gasteiger partial charge in [0.1, 0.15) is 11.3 Å². The zero-order valence-corrected chi connectivity index (χ0v) is 11.7. The SMILES string of the molecule is CC(C)c1nccs1.CC(C)c1ncns1. The van der Waals surface area contributed by atoms with E-state index in [4.69, 9.17) is 0 Å². The van der Waals surface area contributed by atoms with Crippen LogP contribution in [0.4, 0.5) is 0 Å². The molecular weight excluding hydrogens is 238 g/mol. The number of hydrogen-bond acceptors (Lipinski definition) is 5. The second-order valence-electron chi connectivity index (χ2n) is 3.96. The molecule has 0 aliphatic heterocycles. The van der Waals surface area contributed by atoms with Crippen LogP contribution >= 0.6 is 22.9 Å². The standard InChI is InChI=1S/C6H9NS.C5H8N2S/c1-5(2)6-7-3-4-8-6;1-4(2)5-6-3-7-8-5/h3-5H,1-2H3;3-4H,1-2H3. The molecule has 0 spiro atoms. The number of rotatable bonds is 2. The largest absolute Gasteiger partial charge is 0.249 e. The van der Waals surface area contributed by atoms with Crippen LogP contribution in [-0.4, -0.2) is 14.3 Å². The highest BCUT2D eigenvalue weighted by Crippen LogP contribution is 2.15. The highest BCUT2D eigenvalue weighted by molar-refractivity contribution is 7.09. The Bertz CT molecular complexity index is 328. The van der Waals surface area contributed by atoms with Crippen LogP contribution in [0.25, 0.3) is 0 Å². The molecule has 0 N–H and O–H groups in total. The van der Waals surface area contributed by atoms with E-state index in [1.54, 1.807) is 17.7 Å². The molecule has 0 amide bonds. The van der Waals surface area contributed by atoms with Crippen LogP contribution in [0.1, 0.15) is 49.5 Å². The number of thiazole rings is 1. The lowest BCUT2D eigenvalue weighted by Crippen LogP contribution is -1.81. The van der Waals surface area contributed by atoms with E-state index in [0.717, 1.165) is 5.01 Å². The molecular formula is C11H17N3S2. The first-order valence-corrected chi connectivity index (χ1v) is 6.92. The lowest BCUT2D eigenvalue weighted by molar-refractivity contribution is 0.852. The molecule has 88 valence electrons. The van der Waals surface area contributed by atoms with E-state index in [1.807, 2.05) is 11.6 Å². The number of hydrogen-bond donors (Lipinski definition) is 0. The molecule has 2 aromatic heterocycles. The van der Waals surface area contributed by atoms with Gasteiger partial charge in [-0.1, -0.05) is 27.7 Å². The maximum atomic E-state index is 4.13. The van der Waals surface area contributed by atoms with E-state index >= 15 is 0 Å². The van der Waals surface area contributed by atoms with Crippen LogP contribution in [0.2, 0.25) is 0 Å². The quantitative estimate of drug-likeness (QED) is 0.816. The lowest BCUT2D eigenvalue weighted by Gasteiger charge is -1.93. The third kappa shape index (κ3) is 4.37. The normalized spacial score (nSPS) is 10.4. The molecule has 16 heavy (non-hydrogen) atoms. The zero-order valence-electron chi connectivity index (χ0n) is 10.0. The Morgan fingerprint density at radius 3 is 1.94 bits per heavy atom. The van der Waals surface area contributed by atoms with Crippen LogP contribution in [0.3, 0.4) is 0 Å². The molecule has 0 radical (unpaired) electrons. The van der Waals surface area contributed by atoms with E-state index in [-0.39, 0.29) is 0 Å². The van der Waals surface area contributed by atoms with Gasteiger partial charge in [0.15, 0.2) is 0 Å². The van der Waals surface area contributed by atoms with Gasteiger partial charge < -0.3 is 0 Å². The predicted molar refractivity (Wildman–Crippen MR) is 70.2 cm³/mol. The minimum atomic E-state index is 0.530. The zero-order chi connectivity index (χ0) is 12.0. The molecule has 0 saturated carbocycles. The van der Waals surface area contributed by atoms with Crippen molar-refractivity contribution in [2.24, 2.45) is 0 Å². The summed E-state index contributed by atoms with van der Waals surface area (Å²) in [5.74, 6) is 1.12. The Hall–Kier alpha value is -0.810. The molecule has 3 nitrogen and oxygen atoms in total. The Labute approximate surface area is 105 Å². The fraction of sp³-hybridized carbons (Fsp3) is 0.545. The number of aromatic nitrogens is 3. The van der Waals surface area contributed by atoms with Gasteiger partial charge in [0.2, 0.25) is 0 Å². The predicted octanol–water partition coefficient (Wildman–Crippen LogP) is 3.93. The summed E-state index contributed by atoms with van der Waals surface area (Å²) in [5.41, 5.74) is 0. The summed E-state index contributed by atoms with van der Waals surface area (Å²) in [7, 11) is 0. The van der Waals surface area contributed by atoms with Gasteiger partial charge in [0.05, 0.1) is 5.01 Å². The van der Waals surface area contributed by atoms with Gasteiger partial charge in [-0.2, -0.15) is 4.37 Å². The summed E-state index contributed by atoms with van der Waals surface area (Å²) in [6.45, 7) is 8.53. The minimum Gasteiger partial charge on any atom is -0.249 e. The topological polar surface area (TPSA) is 38.7 Å². The average molecular weight is 255 g/mol. The Kier molecular flexibility index (Phi) is 5.55. The maximum absolute atomic E-state index is 4.13. The molecule has 0 atom stereocenters. The van der Waals surface area contributed by atoms with Crippen molar-refractivity contribution in [3.8, 4) is 0 Å². The summed E-state index contributed by atoms with van der Waals surface area (Å²) in [4.78, 5) is 8.16. The number of nitrogens with zero attached hydrogens (tertiary/aromatic N) is 3. The maximum Gasteiger partial charge on any atom is 0.129 e. The van der Waals surface area contributed by atoms with Gasteiger partial charge in [0, 0.05) is 23.4 Å². The van der Waals surface area contributed by atoms with Crippen molar-refractivity contribution in [3.05, 3.63) is 27.9 Å². The smallest absolute Gasteiger partial charge is 0.129 e. The van der Waals surface area contributed by atoms with Crippen molar-refractivity contribution in [1.29, 1.82) is 0 Å². The van der Waals surface area contributed by atoms with Crippen molar-refractivity contribution >= 4 is 22.9 Å². The summed E-state index contributed by atoms with van der Waals surface area (Å²) >= 11 is 3.19. The molecule has 0 aliphatic rings. The molecule has 0 aliphatic carbocycles. The van der Waals surface area contributed by atoms with E-state index in [2.05, 4.69) is 42.0 Å². The lowest BCUT2D eigenvalue weighted by atomic mass is 10.2. The minimum absolute atomic E-state index is 0.530. The highest BCUT2D eigenvalue weighted by Gasteiger charge is 1.99. The van der Waals surface area contributed by atoms with Crippen molar-refractivity contribution in [2.75, 3.05) is 0 Å². The van der Waals surface area contributed by atoms with Crippen LogP contribution in [0, 0.1) is 0 Å². The van der Waals surface area contributed by atoms with E-state index < -0.39 is 0 Å². The highest BCUT2D eigenvalue weighted by atomic mass is 32.1. The molecule has 2 heterocycles. The molecule has 0 bridgehead atoms. The monoisotopic (exact) mass is 255 g/mol. The van der Waals surface area contributed by atoms with Crippen molar-refractivity contribution in [2.45, 2.75) is 39.5 Å². The van der Waals surface area contributed by atoms with Gasteiger partial charge in [-0.05, 0) is 11.5 Å². The first-order valence-electron chi connectivity index (χ1n) is 5.27. The summed E-state index contributed by atoms with van der Waals surface area (Å²) in [5, 5.41) is 4.35. The average Bonchev–Trinajstić information content (AvgIpc) is 2.93. The van der Waals surface area contributed by atoms with Crippen LogP contribution in [-0.2, 0) is 0 Å². The van der Waals surface area contributed by atoms with Gasteiger partial charge in [-0.25, -0.2) is 9.97 Å². The fourth-order valence-corrected chi connectivity index (χ4v) is 2.12. The van der Waals surface area contributed by atoms with Crippen LogP contribution in [0.5, 0.6) is 0 Å². The molecule has 2 rings (SSSR count). The van der Waals surface area contributed by atoms with E-state index in [0.29, 0.717) is 11.8 Å². The van der Waals surface area contributed by atoms with Crippen molar-refractivity contribution in [1.82, 2.24) is 14.3 Å². The van der Waals surface area contributed by atoms with Crippen LogP contribution < -0.4 is 0 Å². The van der Waals surface area contributed by atoms with Gasteiger partial charge in [-0.3, -0.25) is 0 Å². The van der Waals surface area contributed by atoms with Gasteiger partial charge >= 0.3 is 0 Å². The Morgan fingerprint density at radius 1 is 1.00 bits per heavy atom. The molecule has 2 aromatic rings. The third-order valence-electron chi connectivity index (χ3n) is 1.82. The van der Waals surface area contributed by atoms with Crippen LogP contribution in [0.15, 0.2) is 17.9 Å². The second-order valence-corrected chi connectivity index (χ2v) is 5.70. The summed E-state index contributed by atoms with van der Waals surface area (Å²) in [6.07, 6.45) is 3.44.